The van der Waals surface area contributed by atoms with Gasteiger partial charge in [-0.15, -0.1) is 0 Å². The molecule has 4 heteroatoms. The van der Waals surface area contributed by atoms with Crippen molar-refractivity contribution >= 4 is 5.91 Å². The molecule has 1 fully saturated rings. The van der Waals surface area contributed by atoms with E-state index in [-0.39, 0.29) is 5.91 Å². The van der Waals surface area contributed by atoms with E-state index in [1.54, 1.807) is 6.92 Å². The number of likely N-dealkylation sites (tertiary alicyclic amines) is 1. The first-order valence-corrected chi connectivity index (χ1v) is 5.32. The maximum absolute atomic E-state index is 10.7. The van der Waals surface area contributed by atoms with Gasteiger partial charge in [0.15, 0.2) is 0 Å². The number of nitrogens with two attached hydrogens (primary N) is 1. The van der Waals surface area contributed by atoms with Crippen LogP contribution in [0.25, 0.3) is 0 Å². The van der Waals surface area contributed by atoms with Crippen molar-refractivity contribution in [2.45, 2.75) is 26.3 Å². The van der Waals surface area contributed by atoms with E-state index in [0.29, 0.717) is 12.0 Å². The molecule has 1 aliphatic rings. The molecule has 1 rings (SSSR count). The SMILES string of the molecule is CC(=O)NCCN1CCC(N)C(C)C1. The van der Waals surface area contributed by atoms with Crippen molar-refractivity contribution in [3.05, 3.63) is 0 Å². The van der Waals surface area contributed by atoms with Crippen LogP contribution in [0.15, 0.2) is 0 Å². The molecule has 82 valence electrons. The molecular formula is C10H21N3O. The Hall–Kier alpha value is -0.610. The molecule has 3 N–H and O–H groups in total. The summed E-state index contributed by atoms with van der Waals surface area (Å²) >= 11 is 0. The third kappa shape index (κ3) is 3.64. The van der Waals surface area contributed by atoms with Gasteiger partial charge in [-0.3, -0.25) is 4.79 Å². The molecule has 0 aromatic heterocycles. The third-order valence-corrected chi connectivity index (χ3v) is 2.86. The molecule has 4 nitrogen and oxygen atoms in total. The Labute approximate surface area is 85.8 Å². The van der Waals surface area contributed by atoms with E-state index in [1.807, 2.05) is 0 Å². The average Bonchev–Trinajstić information content (AvgIpc) is 2.10. The van der Waals surface area contributed by atoms with Crippen molar-refractivity contribution in [2.75, 3.05) is 26.2 Å². The normalized spacial score (nSPS) is 28.8. The van der Waals surface area contributed by atoms with Gasteiger partial charge in [0.05, 0.1) is 0 Å². The van der Waals surface area contributed by atoms with Gasteiger partial charge < -0.3 is 16.0 Å². The number of piperidine rings is 1. The fourth-order valence-corrected chi connectivity index (χ4v) is 1.84. The van der Waals surface area contributed by atoms with Gasteiger partial charge in [-0.25, -0.2) is 0 Å². The molecule has 0 spiro atoms. The van der Waals surface area contributed by atoms with Crippen LogP contribution in [0, 0.1) is 5.92 Å². The molecule has 1 heterocycles. The van der Waals surface area contributed by atoms with Crippen molar-refractivity contribution in [1.82, 2.24) is 10.2 Å². The molecular weight excluding hydrogens is 178 g/mol. The maximum atomic E-state index is 10.7. The highest BCUT2D eigenvalue weighted by Crippen LogP contribution is 2.13. The summed E-state index contributed by atoms with van der Waals surface area (Å²) in [6.07, 6.45) is 1.07. The van der Waals surface area contributed by atoms with Gasteiger partial charge in [0, 0.05) is 32.6 Å². The number of carbonyl (C=O) groups is 1. The number of hydrogen-bond donors (Lipinski definition) is 2. The van der Waals surface area contributed by atoms with Gasteiger partial charge in [-0.05, 0) is 18.9 Å². The second-order valence-corrected chi connectivity index (χ2v) is 4.21. The van der Waals surface area contributed by atoms with Crippen molar-refractivity contribution in [3.8, 4) is 0 Å². The van der Waals surface area contributed by atoms with Crippen molar-refractivity contribution < 1.29 is 4.79 Å². The van der Waals surface area contributed by atoms with Crippen LogP contribution in [-0.2, 0) is 4.79 Å². The maximum Gasteiger partial charge on any atom is 0.216 e. The molecule has 14 heavy (non-hydrogen) atoms. The summed E-state index contributed by atoms with van der Waals surface area (Å²) in [5.41, 5.74) is 5.92. The van der Waals surface area contributed by atoms with E-state index < -0.39 is 0 Å². The molecule has 0 aromatic rings. The van der Waals surface area contributed by atoms with E-state index >= 15 is 0 Å². The summed E-state index contributed by atoms with van der Waals surface area (Å²) in [5, 5.41) is 2.81. The molecule has 0 radical (unpaired) electrons. The van der Waals surface area contributed by atoms with Crippen LogP contribution in [0.3, 0.4) is 0 Å². The first-order valence-electron chi connectivity index (χ1n) is 5.32. The number of nitrogens with one attached hydrogen (secondary N) is 1. The summed E-state index contributed by atoms with van der Waals surface area (Å²) in [6.45, 7) is 7.55. The van der Waals surface area contributed by atoms with Gasteiger partial charge in [0.25, 0.3) is 0 Å². The zero-order chi connectivity index (χ0) is 10.6. The summed E-state index contributed by atoms with van der Waals surface area (Å²) in [4.78, 5) is 13.0. The first-order chi connectivity index (χ1) is 6.59. The molecule has 0 bridgehead atoms. The number of rotatable bonds is 3. The Morgan fingerprint density at radius 2 is 2.36 bits per heavy atom. The van der Waals surface area contributed by atoms with Crippen LogP contribution in [0.5, 0.6) is 0 Å². The number of hydrogen-bond acceptors (Lipinski definition) is 3. The lowest BCUT2D eigenvalue weighted by atomic mass is 9.95. The predicted molar refractivity (Wildman–Crippen MR) is 56.9 cm³/mol. The molecule has 1 aliphatic heterocycles. The van der Waals surface area contributed by atoms with Crippen LogP contribution in [0.2, 0.25) is 0 Å². The van der Waals surface area contributed by atoms with Gasteiger partial charge >= 0.3 is 0 Å². The highest BCUT2D eigenvalue weighted by molar-refractivity contribution is 5.72. The molecule has 1 saturated heterocycles. The standard InChI is InChI=1S/C10H21N3O/c1-8-7-13(5-3-10(8)11)6-4-12-9(2)14/h8,10H,3-7,11H2,1-2H3,(H,12,14). The van der Waals surface area contributed by atoms with Crippen LogP contribution in [0.4, 0.5) is 0 Å². The van der Waals surface area contributed by atoms with Crippen LogP contribution >= 0.6 is 0 Å². The van der Waals surface area contributed by atoms with Crippen molar-refractivity contribution in [3.63, 3.8) is 0 Å². The highest BCUT2D eigenvalue weighted by Gasteiger charge is 2.22. The smallest absolute Gasteiger partial charge is 0.216 e. The monoisotopic (exact) mass is 199 g/mol. The predicted octanol–water partition coefficient (Wildman–Crippen LogP) is -0.208. The minimum Gasteiger partial charge on any atom is -0.355 e. The lowest BCUT2D eigenvalue weighted by molar-refractivity contribution is -0.119. The molecule has 2 unspecified atom stereocenters. The molecule has 0 aliphatic carbocycles. The van der Waals surface area contributed by atoms with Gasteiger partial charge in [0.1, 0.15) is 0 Å². The second-order valence-electron chi connectivity index (χ2n) is 4.21. The van der Waals surface area contributed by atoms with E-state index in [9.17, 15) is 4.79 Å². The van der Waals surface area contributed by atoms with Crippen LogP contribution < -0.4 is 11.1 Å². The van der Waals surface area contributed by atoms with Crippen molar-refractivity contribution in [2.24, 2.45) is 11.7 Å². The Balaban J connectivity index is 2.16. The number of amides is 1. The minimum atomic E-state index is 0.0479. The van der Waals surface area contributed by atoms with E-state index in [2.05, 4.69) is 17.1 Å². The Morgan fingerprint density at radius 3 is 2.93 bits per heavy atom. The summed E-state index contributed by atoms with van der Waals surface area (Å²) < 4.78 is 0. The fraction of sp³-hybridized carbons (Fsp3) is 0.900. The molecule has 0 saturated carbocycles. The third-order valence-electron chi connectivity index (χ3n) is 2.86. The summed E-state index contributed by atoms with van der Waals surface area (Å²) in [7, 11) is 0. The lowest BCUT2D eigenvalue weighted by Crippen LogP contribution is -2.47. The van der Waals surface area contributed by atoms with Crippen molar-refractivity contribution in [1.29, 1.82) is 0 Å². The molecule has 1 amide bonds. The van der Waals surface area contributed by atoms with Gasteiger partial charge in [-0.2, -0.15) is 0 Å². The number of nitrogens with zero attached hydrogens (tertiary/aromatic N) is 1. The fourth-order valence-electron chi connectivity index (χ4n) is 1.84. The van der Waals surface area contributed by atoms with E-state index in [1.165, 1.54) is 0 Å². The first kappa shape index (κ1) is 11.5. The van der Waals surface area contributed by atoms with Gasteiger partial charge in [0.2, 0.25) is 5.91 Å². The Morgan fingerprint density at radius 1 is 1.64 bits per heavy atom. The highest BCUT2D eigenvalue weighted by atomic mass is 16.1. The summed E-state index contributed by atoms with van der Waals surface area (Å²) in [6, 6.07) is 0.354. The minimum absolute atomic E-state index is 0.0479. The quantitative estimate of drug-likeness (QED) is 0.661. The van der Waals surface area contributed by atoms with Crippen LogP contribution in [0.1, 0.15) is 20.3 Å². The topological polar surface area (TPSA) is 58.4 Å². The summed E-state index contributed by atoms with van der Waals surface area (Å²) in [5.74, 6) is 0.618. The van der Waals surface area contributed by atoms with Crippen LogP contribution in [-0.4, -0.2) is 43.0 Å². The Kier molecular flexibility index (Phi) is 4.35. The zero-order valence-electron chi connectivity index (χ0n) is 9.12. The van der Waals surface area contributed by atoms with Gasteiger partial charge in [-0.1, -0.05) is 6.92 Å². The second kappa shape index (κ2) is 5.32. The van der Waals surface area contributed by atoms with E-state index in [0.717, 1.165) is 32.6 Å². The average molecular weight is 199 g/mol. The number of carbonyl (C=O) groups excluding carboxylic acids is 1. The van der Waals surface area contributed by atoms with E-state index in [4.69, 9.17) is 5.73 Å². The Bertz CT molecular complexity index is 196. The molecule has 0 aromatic carbocycles. The lowest BCUT2D eigenvalue weighted by Gasteiger charge is -2.34. The molecule has 2 atom stereocenters. The zero-order valence-corrected chi connectivity index (χ0v) is 9.12. The largest absolute Gasteiger partial charge is 0.355 e.